The second-order valence-corrected chi connectivity index (χ2v) is 5.59. The fourth-order valence-corrected chi connectivity index (χ4v) is 2.31. The van der Waals surface area contributed by atoms with Crippen molar-refractivity contribution >= 4 is 28.9 Å². The molecule has 3 rings (SSSR count). The van der Waals surface area contributed by atoms with Gasteiger partial charge in [-0.3, -0.25) is 14.8 Å². The van der Waals surface area contributed by atoms with Crippen molar-refractivity contribution < 1.29 is 9.18 Å². The summed E-state index contributed by atoms with van der Waals surface area (Å²) in [6, 6.07) is 13.0. The number of nitrogens with zero attached hydrogens (tertiary/aromatic N) is 2. The Labute approximate surface area is 148 Å². The first kappa shape index (κ1) is 16.9. The van der Waals surface area contributed by atoms with Crippen molar-refractivity contribution in [2.75, 3.05) is 10.6 Å². The molecule has 2 N–H and O–H groups in total. The Bertz CT molecular complexity index is 889. The molecule has 0 aliphatic carbocycles. The largest absolute Gasteiger partial charge is 0.379 e. The minimum Gasteiger partial charge on any atom is -0.379 e. The van der Waals surface area contributed by atoms with Gasteiger partial charge in [0.15, 0.2) is 0 Å². The average Bonchev–Trinajstić information content (AvgIpc) is 2.64. The van der Waals surface area contributed by atoms with E-state index < -0.39 is 11.7 Å². The summed E-state index contributed by atoms with van der Waals surface area (Å²) in [5.74, 6) is -0.956. The van der Waals surface area contributed by atoms with E-state index in [2.05, 4.69) is 20.6 Å². The lowest BCUT2D eigenvalue weighted by Crippen LogP contribution is -2.14. The van der Waals surface area contributed by atoms with Gasteiger partial charge in [0.25, 0.3) is 5.91 Å². The van der Waals surface area contributed by atoms with Gasteiger partial charge in [0.05, 0.1) is 17.3 Å². The molecule has 0 aliphatic heterocycles. The molecule has 0 saturated heterocycles. The number of nitrogens with one attached hydrogen (secondary N) is 2. The van der Waals surface area contributed by atoms with Gasteiger partial charge in [-0.25, -0.2) is 4.39 Å². The number of benzene rings is 1. The summed E-state index contributed by atoms with van der Waals surface area (Å²) >= 11 is 5.71. The summed E-state index contributed by atoms with van der Waals surface area (Å²) in [5, 5.41) is 5.76. The van der Waals surface area contributed by atoms with Crippen LogP contribution in [0.25, 0.3) is 0 Å². The van der Waals surface area contributed by atoms with Crippen LogP contribution < -0.4 is 10.6 Å². The molecule has 0 unspecified atom stereocenters. The van der Waals surface area contributed by atoms with Gasteiger partial charge in [-0.2, -0.15) is 0 Å². The Morgan fingerprint density at radius 2 is 1.92 bits per heavy atom. The molecular weight excluding hydrogens is 343 g/mol. The number of anilines is 2. The van der Waals surface area contributed by atoms with E-state index in [-0.39, 0.29) is 10.7 Å². The maximum absolute atomic E-state index is 13.2. The van der Waals surface area contributed by atoms with Crippen molar-refractivity contribution in [2.24, 2.45) is 0 Å². The second kappa shape index (κ2) is 7.72. The minimum absolute atomic E-state index is 0.0588. The van der Waals surface area contributed by atoms with E-state index in [1.807, 2.05) is 18.2 Å². The van der Waals surface area contributed by atoms with Crippen LogP contribution in [0.4, 0.5) is 15.8 Å². The van der Waals surface area contributed by atoms with Crippen LogP contribution >= 0.6 is 11.6 Å². The van der Waals surface area contributed by atoms with Gasteiger partial charge in [-0.1, -0.05) is 17.7 Å². The van der Waals surface area contributed by atoms with Crippen molar-refractivity contribution in [1.29, 1.82) is 0 Å². The molecule has 1 amide bonds. The van der Waals surface area contributed by atoms with Crippen LogP contribution in [0.3, 0.4) is 0 Å². The van der Waals surface area contributed by atoms with Crippen LogP contribution in [0.1, 0.15) is 16.2 Å². The Morgan fingerprint density at radius 3 is 2.68 bits per heavy atom. The number of halogens is 2. The van der Waals surface area contributed by atoms with E-state index >= 15 is 0 Å². The van der Waals surface area contributed by atoms with Crippen LogP contribution in [0, 0.1) is 5.82 Å². The average molecular weight is 357 g/mol. The number of amides is 1. The van der Waals surface area contributed by atoms with E-state index in [0.29, 0.717) is 12.2 Å². The number of aromatic nitrogens is 2. The van der Waals surface area contributed by atoms with E-state index in [1.165, 1.54) is 24.4 Å². The third-order valence-corrected chi connectivity index (χ3v) is 3.66. The van der Waals surface area contributed by atoms with Gasteiger partial charge in [0, 0.05) is 23.8 Å². The molecule has 0 fully saturated rings. The molecule has 0 spiro atoms. The van der Waals surface area contributed by atoms with Crippen molar-refractivity contribution in [1.82, 2.24) is 9.97 Å². The molecule has 3 aromatic rings. The molecule has 0 saturated carbocycles. The summed E-state index contributed by atoms with van der Waals surface area (Å²) in [6.07, 6.45) is 3.25. The summed E-state index contributed by atoms with van der Waals surface area (Å²) < 4.78 is 13.2. The maximum atomic E-state index is 13.2. The van der Waals surface area contributed by atoms with E-state index in [4.69, 9.17) is 11.6 Å². The fraction of sp³-hybridized carbons (Fsp3) is 0.0556. The minimum atomic E-state index is -0.543. The Morgan fingerprint density at radius 1 is 1.04 bits per heavy atom. The van der Waals surface area contributed by atoms with Crippen LogP contribution in [0.15, 0.2) is 60.9 Å². The van der Waals surface area contributed by atoms with Crippen LogP contribution in [-0.2, 0) is 6.54 Å². The van der Waals surface area contributed by atoms with E-state index in [1.54, 1.807) is 18.3 Å². The molecule has 0 bridgehead atoms. The lowest BCUT2D eigenvalue weighted by atomic mass is 10.2. The van der Waals surface area contributed by atoms with Crippen LogP contribution in [0.5, 0.6) is 0 Å². The summed E-state index contributed by atoms with van der Waals surface area (Å²) in [5.41, 5.74) is 2.24. The molecule has 2 heterocycles. The number of pyridine rings is 2. The topological polar surface area (TPSA) is 66.9 Å². The summed E-state index contributed by atoms with van der Waals surface area (Å²) in [7, 11) is 0. The molecule has 0 atom stereocenters. The Hall–Kier alpha value is -2.99. The van der Waals surface area contributed by atoms with Crippen molar-refractivity contribution in [3.63, 3.8) is 0 Å². The monoisotopic (exact) mass is 356 g/mol. The highest BCUT2D eigenvalue weighted by atomic mass is 35.5. The van der Waals surface area contributed by atoms with E-state index in [9.17, 15) is 9.18 Å². The van der Waals surface area contributed by atoms with Gasteiger partial charge in [0.1, 0.15) is 11.5 Å². The molecule has 0 radical (unpaired) electrons. The molecule has 0 aliphatic rings. The normalized spacial score (nSPS) is 10.3. The Balaban J connectivity index is 1.67. The number of rotatable bonds is 5. The number of carbonyl (C=O) groups excluding carboxylic acids is 1. The number of hydrogen-bond donors (Lipinski definition) is 2. The standard InChI is InChI=1S/C18H14ClFN4O/c19-15-9-13(4-5-16(15)20)24-18(25)17-10-12(6-8-22-17)23-11-14-3-1-2-7-21-14/h1-10H,11H2,(H,22,23)(H,24,25). The summed E-state index contributed by atoms with van der Waals surface area (Å²) in [6.45, 7) is 0.527. The van der Waals surface area contributed by atoms with Gasteiger partial charge in [-0.05, 0) is 42.5 Å². The highest BCUT2D eigenvalue weighted by Gasteiger charge is 2.10. The van der Waals surface area contributed by atoms with Crippen molar-refractivity contribution in [2.45, 2.75) is 6.54 Å². The molecule has 7 heteroatoms. The maximum Gasteiger partial charge on any atom is 0.274 e. The zero-order chi connectivity index (χ0) is 17.6. The van der Waals surface area contributed by atoms with Crippen molar-refractivity contribution in [3.05, 3.63) is 83.2 Å². The lowest BCUT2D eigenvalue weighted by Gasteiger charge is -2.08. The second-order valence-electron chi connectivity index (χ2n) is 5.19. The summed E-state index contributed by atoms with van der Waals surface area (Å²) in [4.78, 5) is 20.6. The fourth-order valence-electron chi connectivity index (χ4n) is 2.13. The Kier molecular flexibility index (Phi) is 5.20. The zero-order valence-electron chi connectivity index (χ0n) is 13.0. The molecule has 25 heavy (non-hydrogen) atoms. The predicted octanol–water partition coefficient (Wildman–Crippen LogP) is 4.13. The first-order chi connectivity index (χ1) is 12.1. The SMILES string of the molecule is O=C(Nc1ccc(F)c(Cl)c1)c1cc(NCc2ccccn2)ccn1. The van der Waals surface area contributed by atoms with Gasteiger partial charge >= 0.3 is 0 Å². The van der Waals surface area contributed by atoms with Crippen LogP contribution in [0.2, 0.25) is 5.02 Å². The molecule has 5 nitrogen and oxygen atoms in total. The molecule has 2 aromatic heterocycles. The third-order valence-electron chi connectivity index (χ3n) is 3.37. The van der Waals surface area contributed by atoms with Crippen LogP contribution in [-0.4, -0.2) is 15.9 Å². The molecule has 1 aromatic carbocycles. The van der Waals surface area contributed by atoms with E-state index in [0.717, 1.165) is 11.4 Å². The van der Waals surface area contributed by atoms with Crippen molar-refractivity contribution in [3.8, 4) is 0 Å². The highest BCUT2D eigenvalue weighted by Crippen LogP contribution is 2.20. The van der Waals surface area contributed by atoms with Gasteiger partial charge in [-0.15, -0.1) is 0 Å². The smallest absolute Gasteiger partial charge is 0.274 e. The zero-order valence-corrected chi connectivity index (χ0v) is 13.8. The molecule has 126 valence electrons. The van der Waals surface area contributed by atoms with Gasteiger partial charge < -0.3 is 10.6 Å². The quantitative estimate of drug-likeness (QED) is 0.721. The number of hydrogen-bond acceptors (Lipinski definition) is 4. The molecular formula is C18H14ClFN4O. The third kappa shape index (κ3) is 4.51. The predicted molar refractivity (Wildman–Crippen MR) is 95.2 cm³/mol. The van der Waals surface area contributed by atoms with Gasteiger partial charge in [0.2, 0.25) is 0 Å². The first-order valence-electron chi connectivity index (χ1n) is 7.48. The lowest BCUT2D eigenvalue weighted by molar-refractivity contribution is 0.102. The number of carbonyl (C=O) groups is 1. The highest BCUT2D eigenvalue weighted by molar-refractivity contribution is 6.31. The first-order valence-corrected chi connectivity index (χ1v) is 7.86.